The normalized spacial score (nSPS) is 13.9. The predicted molar refractivity (Wildman–Crippen MR) is 95.0 cm³/mol. The van der Waals surface area contributed by atoms with Crippen molar-refractivity contribution in [1.29, 1.82) is 0 Å². The average Bonchev–Trinajstić information content (AvgIpc) is 3.05. The van der Waals surface area contributed by atoms with E-state index in [-0.39, 0.29) is 5.63 Å². The van der Waals surface area contributed by atoms with Gasteiger partial charge in [0.1, 0.15) is 11.3 Å². The van der Waals surface area contributed by atoms with Gasteiger partial charge in [-0.2, -0.15) is 0 Å². The van der Waals surface area contributed by atoms with Crippen molar-refractivity contribution in [2.75, 3.05) is 11.6 Å². The van der Waals surface area contributed by atoms with Crippen LogP contribution in [-0.2, 0) is 6.54 Å². The maximum atomic E-state index is 11.8. The van der Waals surface area contributed by atoms with Crippen LogP contribution in [0.4, 0.5) is 5.95 Å². The van der Waals surface area contributed by atoms with Gasteiger partial charge < -0.3 is 19.0 Å². The van der Waals surface area contributed by atoms with Crippen LogP contribution >= 0.6 is 0 Å². The van der Waals surface area contributed by atoms with Crippen molar-refractivity contribution in [3.8, 4) is 5.75 Å². The molecule has 0 saturated heterocycles. The summed E-state index contributed by atoms with van der Waals surface area (Å²) >= 11 is 0. The number of imidazole rings is 1. The number of anilines is 1. The Kier molecular flexibility index (Phi) is 2.88. The summed E-state index contributed by atoms with van der Waals surface area (Å²) in [7, 11) is 0. The van der Waals surface area contributed by atoms with E-state index in [9.17, 15) is 4.79 Å². The van der Waals surface area contributed by atoms with Crippen molar-refractivity contribution >= 4 is 28.0 Å². The number of para-hydroxylation sites is 2. The number of aryl methyl sites for hydroxylation is 1. The second kappa shape index (κ2) is 5.11. The Hall–Kier alpha value is -3.28. The van der Waals surface area contributed by atoms with E-state index in [4.69, 9.17) is 9.15 Å². The molecule has 25 heavy (non-hydrogen) atoms. The molecule has 0 saturated carbocycles. The quantitative estimate of drug-likeness (QED) is 0.541. The molecule has 124 valence electrons. The van der Waals surface area contributed by atoms with Crippen LogP contribution in [0, 0.1) is 6.92 Å². The van der Waals surface area contributed by atoms with Gasteiger partial charge in [0.05, 0.1) is 23.1 Å². The molecule has 0 bridgehead atoms. The van der Waals surface area contributed by atoms with E-state index in [0.717, 1.165) is 39.2 Å². The third-order valence-electron chi connectivity index (χ3n) is 4.58. The molecule has 2 aromatic carbocycles. The lowest BCUT2D eigenvalue weighted by Crippen LogP contribution is -2.32. The molecule has 0 aliphatic carbocycles. The number of benzene rings is 2. The highest BCUT2D eigenvalue weighted by Gasteiger charge is 2.24. The highest BCUT2D eigenvalue weighted by molar-refractivity contribution is 5.85. The maximum Gasteiger partial charge on any atom is 0.336 e. The van der Waals surface area contributed by atoms with Gasteiger partial charge in [-0.15, -0.1) is 0 Å². The van der Waals surface area contributed by atoms with Gasteiger partial charge in [0.25, 0.3) is 0 Å². The van der Waals surface area contributed by atoms with Crippen LogP contribution in [0.1, 0.15) is 11.1 Å². The molecule has 1 aliphatic rings. The van der Waals surface area contributed by atoms with Crippen LogP contribution in [0.15, 0.2) is 51.7 Å². The Bertz CT molecular complexity index is 1140. The summed E-state index contributed by atoms with van der Waals surface area (Å²) in [5, 5.41) is 0.924. The lowest BCUT2D eigenvalue weighted by atomic mass is 10.1. The van der Waals surface area contributed by atoms with Gasteiger partial charge in [0, 0.05) is 11.5 Å². The van der Waals surface area contributed by atoms with Crippen LogP contribution in [0.2, 0.25) is 0 Å². The number of nitrogens with zero attached hydrogens (tertiary/aromatic N) is 2. The molecule has 6 heteroatoms. The Morgan fingerprint density at radius 1 is 1.20 bits per heavy atom. The molecule has 6 nitrogen and oxygen atoms in total. The standard InChI is InChI=1S/C19H15N3O3/c1-11-8-17(23)25-18-12(11)6-7-16-13(18)9-22(10-24-16)19-20-14-4-2-3-5-15(14)21-19/h2-8H,9-10H2,1H3,(H,20,21). The summed E-state index contributed by atoms with van der Waals surface area (Å²) in [6.07, 6.45) is 0. The molecule has 3 heterocycles. The first-order valence-corrected chi connectivity index (χ1v) is 8.08. The van der Waals surface area contributed by atoms with E-state index in [1.165, 1.54) is 6.07 Å². The molecule has 0 unspecified atom stereocenters. The van der Waals surface area contributed by atoms with Gasteiger partial charge >= 0.3 is 5.63 Å². The largest absolute Gasteiger partial charge is 0.473 e. The number of nitrogens with one attached hydrogen (secondary N) is 1. The number of hydrogen-bond acceptors (Lipinski definition) is 5. The fourth-order valence-corrected chi connectivity index (χ4v) is 3.32. The van der Waals surface area contributed by atoms with Crippen molar-refractivity contribution in [1.82, 2.24) is 9.97 Å². The van der Waals surface area contributed by atoms with Crippen molar-refractivity contribution in [2.24, 2.45) is 0 Å². The van der Waals surface area contributed by atoms with Gasteiger partial charge in [-0.05, 0) is 36.8 Å². The van der Waals surface area contributed by atoms with Crippen LogP contribution in [0.5, 0.6) is 5.75 Å². The summed E-state index contributed by atoms with van der Waals surface area (Å²) in [6.45, 7) is 2.85. The molecule has 0 radical (unpaired) electrons. The monoisotopic (exact) mass is 333 g/mol. The molecule has 0 amide bonds. The van der Waals surface area contributed by atoms with E-state index < -0.39 is 0 Å². The van der Waals surface area contributed by atoms with Gasteiger partial charge in [-0.1, -0.05) is 12.1 Å². The Balaban J connectivity index is 1.63. The van der Waals surface area contributed by atoms with Crippen LogP contribution in [-0.4, -0.2) is 16.7 Å². The van der Waals surface area contributed by atoms with E-state index >= 15 is 0 Å². The second-order valence-electron chi connectivity index (χ2n) is 6.22. The predicted octanol–water partition coefficient (Wildman–Crippen LogP) is 3.33. The minimum absolute atomic E-state index is 0.348. The summed E-state index contributed by atoms with van der Waals surface area (Å²) in [5.41, 5.74) is 3.88. The van der Waals surface area contributed by atoms with E-state index in [1.54, 1.807) is 0 Å². The van der Waals surface area contributed by atoms with E-state index in [2.05, 4.69) is 9.97 Å². The number of ether oxygens (including phenoxy) is 1. The zero-order valence-electron chi connectivity index (χ0n) is 13.6. The smallest absolute Gasteiger partial charge is 0.336 e. The molecule has 0 atom stereocenters. The number of aromatic amines is 1. The molecule has 1 aliphatic heterocycles. The molecule has 2 aromatic heterocycles. The van der Waals surface area contributed by atoms with E-state index in [0.29, 0.717) is 18.9 Å². The lowest BCUT2D eigenvalue weighted by molar-refractivity contribution is 0.287. The summed E-state index contributed by atoms with van der Waals surface area (Å²) in [6, 6.07) is 13.3. The molecule has 0 fully saturated rings. The summed E-state index contributed by atoms with van der Waals surface area (Å²) < 4.78 is 11.4. The van der Waals surface area contributed by atoms with Crippen molar-refractivity contribution in [3.05, 3.63) is 64.0 Å². The molecule has 5 rings (SSSR count). The average molecular weight is 333 g/mol. The maximum absolute atomic E-state index is 11.8. The van der Waals surface area contributed by atoms with Gasteiger partial charge in [0.2, 0.25) is 5.95 Å². The fraction of sp³-hybridized carbons (Fsp3) is 0.158. The highest BCUT2D eigenvalue weighted by atomic mass is 16.5. The van der Waals surface area contributed by atoms with Gasteiger partial charge in [-0.25, -0.2) is 9.78 Å². The Morgan fingerprint density at radius 3 is 2.96 bits per heavy atom. The topological polar surface area (TPSA) is 71.4 Å². The molecular weight excluding hydrogens is 318 g/mol. The number of rotatable bonds is 1. The highest BCUT2D eigenvalue weighted by Crippen LogP contribution is 2.34. The zero-order valence-corrected chi connectivity index (χ0v) is 13.6. The number of H-pyrrole nitrogens is 1. The Labute approximate surface area is 142 Å². The van der Waals surface area contributed by atoms with Gasteiger partial charge in [0.15, 0.2) is 6.73 Å². The van der Waals surface area contributed by atoms with Gasteiger partial charge in [-0.3, -0.25) is 0 Å². The summed E-state index contributed by atoms with van der Waals surface area (Å²) in [5.74, 6) is 1.48. The van der Waals surface area contributed by atoms with Crippen LogP contribution in [0.25, 0.3) is 22.0 Å². The molecule has 1 N–H and O–H groups in total. The van der Waals surface area contributed by atoms with Crippen LogP contribution < -0.4 is 15.3 Å². The summed E-state index contributed by atoms with van der Waals surface area (Å²) in [4.78, 5) is 21.7. The van der Waals surface area contributed by atoms with Crippen LogP contribution in [0.3, 0.4) is 0 Å². The van der Waals surface area contributed by atoms with E-state index in [1.807, 2.05) is 48.2 Å². The minimum Gasteiger partial charge on any atom is -0.473 e. The fourth-order valence-electron chi connectivity index (χ4n) is 3.32. The first-order valence-electron chi connectivity index (χ1n) is 8.08. The molecular formula is C19H15N3O3. The molecule has 0 spiro atoms. The first-order chi connectivity index (χ1) is 12.2. The second-order valence-corrected chi connectivity index (χ2v) is 6.22. The van der Waals surface area contributed by atoms with Crippen molar-refractivity contribution in [3.63, 3.8) is 0 Å². The zero-order chi connectivity index (χ0) is 17.0. The lowest BCUT2D eigenvalue weighted by Gasteiger charge is -2.29. The SMILES string of the molecule is Cc1cc(=O)oc2c3c(ccc12)OCN(c1nc2ccccc2[nH]1)C3. The minimum atomic E-state index is -0.348. The number of hydrogen-bond donors (Lipinski definition) is 1. The van der Waals surface area contributed by atoms with Crippen molar-refractivity contribution < 1.29 is 9.15 Å². The molecule has 4 aromatic rings. The third kappa shape index (κ3) is 2.18. The number of fused-ring (bicyclic) bond motifs is 4. The van der Waals surface area contributed by atoms with Crippen molar-refractivity contribution in [2.45, 2.75) is 13.5 Å². The first kappa shape index (κ1) is 14.1. The number of aromatic nitrogens is 2. The third-order valence-corrected chi connectivity index (χ3v) is 4.58. The Morgan fingerprint density at radius 2 is 2.08 bits per heavy atom.